The Morgan fingerprint density at radius 1 is 1.47 bits per heavy atom. The van der Waals surface area contributed by atoms with Crippen molar-refractivity contribution in [2.45, 2.75) is 12.8 Å². The molecule has 1 aromatic carbocycles. The Labute approximate surface area is 122 Å². The standard InChI is InChI=1S/C13H12BrFN2OS/c14-9-5-8(1-2-10(9)15)6-12(18)11-7-19-13(17-11)3-4-16/h1-2,5,7H,3-4,6,16H2. The molecule has 0 aliphatic rings. The van der Waals surface area contributed by atoms with Gasteiger partial charge in [0.1, 0.15) is 11.5 Å². The Morgan fingerprint density at radius 2 is 2.26 bits per heavy atom. The Hall–Kier alpha value is -1.11. The molecule has 0 bridgehead atoms. The lowest BCUT2D eigenvalue weighted by atomic mass is 10.1. The molecule has 6 heteroatoms. The number of benzene rings is 1. The number of aromatic nitrogens is 1. The molecule has 0 spiro atoms. The van der Waals surface area contributed by atoms with Gasteiger partial charge in [-0.1, -0.05) is 6.07 Å². The Kier molecular flexibility index (Phi) is 4.79. The van der Waals surface area contributed by atoms with Crippen molar-refractivity contribution in [1.29, 1.82) is 0 Å². The second kappa shape index (κ2) is 6.36. The first-order valence-corrected chi connectivity index (χ1v) is 7.39. The summed E-state index contributed by atoms with van der Waals surface area (Å²) in [6.07, 6.45) is 0.894. The topological polar surface area (TPSA) is 56.0 Å². The van der Waals surface area contributed by atoms with Gasteiger partial charge in [0.25, 0.3) is 0 Å². The van der Waals surface area contributed by atoms with Crippen LogP contribution in [-0.2, 0) is 12.8 Å². The van der Waals surface area contributed by atoms with Gasteiger partial charge in [0.05, 0.1) is 9.48 Å². The molecule has 0 aliphatic heterocycles. The predicted octanol–water partition coefficient (Wildman–Crippen LogP) is 2.97. The number of nitrogens with two attached hydrogens (primary N) is 1. The van der Waals surface area contributed by atoms with Gasteiger partial charge < -0.3 is 5.73 Å². The Morgan fingerprint density at radius 3 is 2.95 bits per heavy atom. The molecule has 1 heterocycles. The predicted molar refractivity (Wildman–Crippen MR) is 77.0 cm³/mol. The van der Waals surface area contributed by atoms with Crippen molar-refractivity contribution in [2.75, 3.05) is 6.54 Å². The number of Topliss-reactive ketones (excluding diaryl/α,β-unsaturated/α-hetero) is 1. The van der Waals surface area contributed by atoms with Gasteiger partial charge in [0.15, 0.2) is 5.78 Å². The van der Waals surface area contributed by atoms with Crippen LogP contribution in [0.15, 0.2) is 28.1 Å². The first-order chi connectivity index (χ1) is 9.10. The third-order valence-corrected chi connectivity index (χ3v) is 4.06. The highest BCUT2D eigenvalue weighted by Gasteiger charge is 2.12. The minimum Gasteiger partial charge on any atom is -0.330 e. The molecular formula is C13H12BrFN2OS. The first kappa shape index (κ1) is 14.3. The number of thiazole rings is 1. The van der Waals surface area contributed by atoms with Gasteiger partial charge in [-0.15, -0.1) is 11.3 Å². The summed E-state index contributed by atoms with van der Waals surface area (Å²) in [4.78, 5) is 16.3. The smallest absolute Gasteiger partial charge is 0.186 e. The average molecular weight is 343 g/mol. The summed E-state index contributed by atoms with van der Waals surface area (Å²) in [5, 5.41) is 2.61. The van der Waals surface area contributed by atoms with E-state index in [0.717, 1.165) is 10.6 Å². The van der Waals surface area contributed by atoms with Crippen LogP contribution in [0.1, 0.15) is 21.1 Å². The monoisotopic (exact) mass is 342 g/mol. The van der Waals surface area contributed by atoms with Crippen LogP contribution in [0.4, 0.5) is 4.39 Å². The van der Waals surface area contributed by atoms with Gasteiger partial charge in [-0.05, 0) is 40.2 Å². The van der Waals surface area contributed by atoms with Crippen molar-refractivity contribution in [1.82, 2.24) is 4.98 Å². The van der Waals surface area contributed by atoms with Gasteiger partial charge in [0.2, 0.25) is 0 Å². The summed E-state index contributed by atoms with van der Waals surface area (Å²) < 4.78 is 13.5. The van der Waals surface area contributed by atoms with Crippen molar-refractivity contribution in [3.63, 3.8) is 0 Å². The fourth-order valence-corrected chi connectivity index (χ4v) is 2.85. The van der Waals surface area contributed by atoms with Gasteiger partial charge in [-0.2, -0.15) is 0 Å². The zero-order valence-corrected chi connectivity index (χ0v) is 12.4. The zero-order chi connectivity index (χ0) is 13.8. The molecule has 2 rings (SSSR count). The number of hydrogen-bond donors (Lipinski definition) is 1. The molecule has 0 atom stereocenters. The lowest BCUT2D eigenvalue weighted by Crippen LogP contribution is -2.06. The van der Waals surface area contributed by atoms with Crippen LogP contribution in [0.5, 0.6) is 0 Å². The summed E-state index contributed by atoms with van der Waals surface area (Å²) in [7, 11) is 0. The zero-order valence-electron chi connectivity index (χ0n) is 10.0. The lowest BCUT2D eigenvalue weighted by Gasteiger charge is -2.01. The highest BCUT2D eigenvalue weighted by atomic mass is 79.9. The molecule has 19 heavy (non-hydrogen) atoms. The van der Waals surface area contributed by atoms with Crippen LogP contribution in [0.3, 0.4) is 0 Å². The van der Waals surface area contributed by atoms with E-state index in [2.05, 4.69) is 20.9 Å². The highest BCUT2D eigenvalue weighted by Crippen LogP contribution is 2.19. The molecule has 3 nitrogen and oxygen atoms in total. The van der Waals surface area contributed by atoms with Gasteiger partial charge in [0, 0.05) is 18.2 Å². The van der Waals surface area contributed by atoms with Crippen LogP contribution in [0.2, 0.25) is 0 Å². The van der Waals surface area contributed by atoms with E-state index in [4.69, 9.17) is 5.73 Å². The van der Waals surface area contributed by atoms with E-state index in [0.29, 0.717) is 23.1 Å². The fraction of sp³-hybridized carbons (Fsp3) is 0.231. The summed E-state index contributed by atoms with van der Waals surface area (Å²) in [6, 6.07) is 4.55. The molecule has 0 aliphatic carbocycles. The first-order valence-electron chi connectivity index (χ1n) is 5.71. The van der Waals surface area contributed by atoms with E-state index in [1.807, 2.05) is 0 Å². The minimum atomic E-state index is -0.338. The van der Waals surface area contributed by atoms with Crippen LogP contribution in [-0.4, -0.2) is 17.3 Å². The Bertz CT molecular complexity index is 600. The summed E-state index contributed by atoms with van der Waals surface area (Å²) in [5.74, 6) is -0.409. The maximum atomic E-state index is 13.1. The Balaban J connectivity index is 2.09. The molecule has 0 saturated heterocycles. The van der Waals surface area contributed by atoms with E-state index < -0.39 is 0 Å². The minimum absolute atomic E-state index is 0.0713. The third-order valence-electron chi connectivity index (χ3n) is 2.54. The molecule has 2 N–H and O–H groups in total. The van der Waals surface area contributed by atoms with Crippen molar-refractivity contribution >= 4 is 33.0 Å². The molecule has 0 radical (unpaired) electrons. The van der Waals surface area contributed by atoms with E-state index in [-0.39, 0.29) is 18.0 Å². The maximum Gasteiger partial charge on any atom is 0.186 e. The number of carbonyl (C=O) groups excluding carboxylic acids is 1. The van der Waals surface area contributed by atoms with Gasteiger partial charge >= 0.3 is 0 Å². The molecule has 100 valence electrons. The fourth-order valence-electron chi connectivity index (χ4n) is 1.60. The molecule has 0 fully saturated rings. The average Bonchev–Trinajstić information content (AvgIpc) is 2.83. The number of hydrogen-bond acceptors (Lipinski definition) is 4. The van der Waals surface area contributed by atoms with Crippen LogP contribution < -0.4 is 5.73 Å². The van der Waals surface area contributed by atoms with Crippen LogP contribution in [0.25, 0.3) is 0 Å². The van der Waals surface area contributed by atoms with Crippen LogP contribution in [0, 0.1) is 5.82 Å². The molecule has 1 aromatic heterocycles. The van der Waals surface area contributed by atoms with E-state index in [1.54, 1.807) is 17.5 Å². The van der Waals surface area contributed by atoms with E-state index in [9.17, 15) is 9.18 Å². The normalized spacial score (nSPS) is 10.7. The number of carbonyl (C=O) groups is 1. The van der Waals surface area contributed by atoms with E-state index >= 15 is 0 Å². The van der Waals surface area contributed by atoms with Gasteiger partial charge in [-0.25, -0.2) is 9.37 Å². The number of nitrogens with zero attached hydrogens (tertiary/aromatic N) is 1. The number of rotatable bonds is 5. The van der Waals surface area contributed by atoms with Crippen molar-refractivity contribution in [3.8, 4) is 0 Å². The largest absolute Gasteiger partial charge is 0.330 e. The highest BCUT2D eigenvalue weighted by molar-refractivity contribution is 9.10. The number of halogens is 2. The summed E-state index contributed by atoms with van der Waals surface area (Å²) in [5.41, 5.74) is 6.65. The molecule has 2 aromatic rings. The molecule has 0 amide bonds. The van der Waals surface area contributed by atoms with Crippen molar-refractivity contribution in [3.05, 3.63) is 50.1 Å². The van der Waals surface area contributed by atoms with Crippen molar-refractivity contribution < 1.29 is 9.18 Å². The van der Waals surface area contributed by atoms with Crippen molar-refractivity contribution in [2.24, 2.45) is 5.73 Å². The third kappa shape index (κ3) is 3.68. The molecule has 0 saturated carbocycles. The SMILES string of the molecule is NCCc1nc(C(=O)Cc2ccc(F)c(Br)c2)cs1. The number of ketones is 1. The molecule has 0 unspecified atom stereocenters. The lowest BCUT2D eigenvalue weighted by molar-refractivity contribution is 0.0988. The second-order valence-corrected chi connectivity index (χ2v) is 5.81. The summed E-state index contributed by atoms with van der Waals surface area (Å²) in [6.45, 7) is 0.520. The summed E-state index contributed by atoms with van der Waals surface area (Å²) >= 11 is 4.54. The molecular weight excluding hydrogens is 331 g/mol. The second-order valence-electron chi connectivity index (χ2n) is 4.01. The maximum absolute atomic E-state index is 13.1. The van der Waals surface area contributed by atoms with E-state index in [1.165, 1.54) is 17.4 Å². The quantitative estimate of drug-likeness (QED) is 0.850. The van der Waals surface area contributed by atoms with Crippen LogP contribution >= 0.6 is 27.3 Å². The van der Waals surface area contributed by atoms with Gasteiger partial charge in [-0.3, -0.25) is 4.79 Å².